The summed E-state index contributed by atoms with van der Waals surface area (Å²) in [4.78, 5) is 24.7. The zero-order valence-electron chi connectivity index (χ0n) is 15.3. The van der Waals surface area contributed by atoms with Gasteiger partial charge in [-0.1, -0.05) is 12.1 Å². The molecule has 0 bridgehead atoms. The van der Waals surface area contributed by atoms with Crippen molar-refractivity contribution in [2.75, 3.05) is 12.1 Å². The first-order chi connectivity index (χ1) is 14.1. The molecule has 0 saturated carbocycles. The van der Waals surface area contributed by atoms with Crippen LogP contribution in [0.2, 0.25) is 0 Å². The molecular weight excluding hydrogens is 375 g/mol. The summed E-state index contributed by atoms with van der Waals surface area (Å²) in [5, 5.41) is 5.54. The van der Waals surface area contributed by atoms with E-state index < -0.39 is 0 Å². The lowest BCUT2D eigenvalue weighted by molar-refractivity contribution is 0.0949. The minimum Gasteiger partial charge on any atom is -0.454 e. The number of benzene rings is 3. The average Bonchev–Trinajstić information content (AvgIpc) is 3.21. The topological polar surface area (TPSA) is 76.7 Å². The van der Waals surface area contributed by atoms with Crippen LogP contribution in [0.25, 0.3) is 0 Å². The number of anilines is 1. The van der Waals surface area contributed by atoms with Gasteiger partial charge in [0.05, 0.1) is 0 Å². The molecular formula is C22H17FN2O4. The maximum Gasteiger partial charge on any atom is 0.255 e. The second kappa shape index (κ2) is 8.02. The summed E-state index contributed by atoms with van der Waals surface area (Å²) in [5.74, 6) is 0.309. The molecule has 1 heterocycles. The molecule has 0 saturated heterocycles. The molecule has 0 aromatic heterocycles. The highest BCUT2D eigenvalue weighted by Gasteiger charge is 2.15. The monoisotopic (exact) mass is 392 g/mol. The van der Waals surface area contributed by atoms with Crippen LogP contribution >= 0.6 is 0 Å². The Kier molecular flexibility index (Phi) is 5.11. The van der Waals surface area contributed by atoms with Crippen molar-refractivity contribution >= 4 is 17.5 Å². The maximum absolute atomic E-state index is 12.9. The molecule has 2 amide bonds. The minimum atomic E-state index is -0.324. The SMILES string of the molecule is O=C(NCc1ccc(F)cc1)c1ccc(C(=O)Nc2ccc3c(c2)OCO3)cc1. The average molecular weight is 392 g/mol. The van der Waals surface area contributed by atoms with Gasteiger partial charge in [0.1, 0.15) is 5.82 Å². The van der Waals surface area contributed by atoms with Crippen LogP contribution in [0.4, 0.5) is 10.1 Å². The normalized spacial score (nSPS) is 11.8. The van der Waals surface area contributed by atoms with Crippen LogP contribution in [0.1, 0.15) is 26.3 Å². The Morgan fingerprint density at radius 3 is 2.21 bits per heavy atom. The Morgan fingerprint density at radius 2 is 1.48 bits per heavy atom. The van der Waals surface area contributed by atoms with Gasteiger partial charge in [-0.25, -0.2) is 4.39 Å². The quantitative estimate of drug-likeness (QED) is 0.694. The third kappa shape index (κ3) is 4.35. The third-order valence-corrected chi connectivity index (χ3v) is 4.41. The highest BCUT2D eigenvalue weighted by atomic mass is 19.1. The van der Waals surface area contributed by atoms with Crippen molar-refractivity contribution in [2.45, 2.75) is 6.54 Å². The molecule has 3 aromatic rings. The predicted molar refractivity (Wildman–Crippen MR) is 105 cm³/mol. The lowest BCUT2D eigenvalue weighted by atomic mass is 10.1. The first-order valence-corrected chi connectivity index (χ1v) is 8.92. The molecule has 2 N–H and O–H groups in total. The van der Waals surface area contributed by atoms with Gasteiger partial charge in [-0.15, -0.1) is 0 Å². The van der Waals surface area contributed by atoms with Gasteiger partial charge < -0.3 is 20.1 Å². The van der Waals surface area contributed by atoms with Crippen molar-refractivity contribution in [1.82, 2.24) is 5.32 Å². The van der Waals surface area contributed by atoms with Crippen molar-refractivity contribution in [2.24, 2.45) is 0 Å². The summed E-state index contributed by atoms with van der Waals surface area (Å²) < 4.78 is 23.5. The summed E-state index contributed by atoms with van der Waals surface area (Å²) in [6.07, 6.45) is 0. The number of halogens is 1. The van der Waals surface area contributed by atoms with Crippen molar-refractivity contribution in [3.8, 4) is 11.5 Å². The molecule has 0 radical (unpaired) electrons. The highest BCUT2D eigenvalue weighted by Crippen LogP contribution is 2.34. The van der Waals surface area contributed by atoms with Crippen molar-refractivity contribution in [1.29, 1.82) is 0 Å². The van der Waals surface area contributed by atoms with E-state index in [2.05, 4.69) is 10.6 Å². The molecule has 7 heteroatoms. The van der Waals surface area contributed by atoms with Crippen LogP contribution in [0, 0.1) is 5.82 Å². The van der Waals surface area contributed by atoms with E-state index in [1.54, 1.807) is 54.6 Å². The first kappa shape index (κ1) is 18.5. The number of fused-ring (bicyclic) bond motifs is 1. The van der Waals surface area contributed by atoms with Gasteiger partial charge in [0.25, 0.3) is 11.8 Å². The van der Waals surface area contributed by atoms with Gasteiger partial charge in [0.15, 0.2) is 11.5 Å². The molecule has 0 aliphatic carbocycles. The second-order valence-electron chi connectivity index (χ2n) is 6.41. The van der Waals surface area contributed by atoms with E-state index in [-0.39, 0.29) is 31.0 Å². The lowest BCUT2D eigenvalue weighted by Gasteiger charge is -2.08. The van der Waals surface area contributed by atoms with Gasteiger partial charge in [-0.05, 0) is 54.1 Å². The largest absolute Gasteiger partial charge is 0.454 e. The number of amides is 2. The standard InChI is InChI=1S/C22H17FN2O4/c23-17-7-1-14(2-8-17)12-24-21(26)15-3-5-16(6-4-15)22(27)25-18-9-10-19-20(11-18)29-13-28-19/h1-11H,12-13H2,(H,24,26)(H,25,27). The summed E-state index contributed by atoms with van der Waals surface area (Å²) in [7, 11) is 0. The molecule has 146 valence electrons. The lowest BCUT2D eigenvalue weighted by Crippen LogP contribution is -2.23. The van der Waals surface area contributed by atoms with Crippen molar-refractivity contribution in [3.05, 3.63) is 89.2 Å². The molecule has 0 spiro atoms. The summed E-state index contributed by atoms with van der Waals surface area (Å²) in [6.45, 7) is 0.447. The molecule has 0 atom stereocenters. The van der Waals surface area contributed by atoms with E-state index in [0.717, 1.165) is 5.56 Å². The second-order valence-corrected chi connectivity index (χ2v) is 6.41. The van der Waals surface area contributed by atoms with E-state index in [1.165, 1.54) is 12.1 Å². The fourth-order valence-electron chi connectivity index (χ4n) is 2.84. The zero-order valence-corrected chi connectivity index (χ0v) is 15.3. The zero-order chi connectivity index (χ0) is 20.2. The van der Waals surface area contributed by atoms with Crippen LogP contribution < -0.4 is 20.1 Å². The molecule has 1 aliphatic heterocycles. The minimum absolute atomic E-state index is 0.164. The molecule has 4 rings (SSSR count). The Balaban J connectivity index is 1.36. The third-order valence-electron chi connectivity index (χ3n) is 4.41. The van der Waals surface area contributed by atoms with E-state index in [0.29, 0.717) is 28.3 Å². The van der Waals surface area contributed by atoms with E-state index in [4.69, 9.17) is 9.47 Å². The van der Waals surface area contributed by atoms with Crippen LogP contribution in [0.5, 0.6) is 11.5 Å². The van der Waals surface area contributed by atoms with Gasteiger partial charge in [-0.3, -0.25) is 9.59 Å². The van der Waals surface area contributed by atoms with Gasteiger partial charge in [0.2, 0.25) is 6.79 Å². The molecule has 0 fully saturated rings. The number of ether oxygens (including phenoxy) is 2. The molecule has 6 nitrogen and oxygen atoms in total. The number of nitrogens with one attached hydrogen (secondary N) is 2. The smallest absolute Gasteiger partial charge is 0.255 e. The van der Waals surface area contributed by atoms with Crippen LogP contribution in [-0.4, -0.2) is 18.6 Å². The fraction of sp³-hybridized carbons (Fsp3) is 0.0909. The van der Waals surface area contributed by atoms with Gasteiger partial charge >= 0.3 is 0 Å². The summed E-state index contributed by atoms with van der Waals surface area (Å²) >= 11 is 0. The number of carbonyl (C=O) groups is 2. The fourth-order valence-corrected chi connectivity index (χ4v) is 2.84. The first-order valence-electron chi connectivity index (χ1n) is 8.92. The van der Waals surface area contributed by atoms with E-state index in [1.807, 2.05) is 0 Å². The van der Waals surface area contributed by atoms with Crippen molar-refractivity contribution < 1.29 is 23.5 Å². The molecule has 0 unspecified atom stereocenters. The number of rotatable bonds is 5. The van der Waals surface area contributed by atoms with Crippen LogP contribution in [-0.2, 0) is 6.54 Å². The number of carbonyl (C=O) groups excluding carboxylic acids is 2. The highest BCUT2D eigenvalue weighted by molar-refractivity contribution is 6.05. The van der Waals surface area contributed by atoms with E-state index >= 15 is 0 Å². The van der Waals surface area contributed by atoms with Gasteiger partial charge in [0, 0.05) is 29.4 Å². The Bertz CT molecular complexity index is 1050. The Labute approximate surface area is 166 Å². The van der Waals surface area contributed by atoms with Gasteiger partial charge in [-0.2, -0.15) is 0 Å². The van der Waals surface area contributed by atoms with Crippen LogP contribution in [0.3, 0.4) is 0 Å². The van der Waals surface area contributed by atoms with Crippen LogP contribution in [0.15, 0.2) is 66.7 Å². The number of hydrogen-bond donors (Lipinski definition) is 2. The molecule has 3 aromatic carbocycles. The van der Waals surface area contributed by atoms with E-state index in [9.17, 15) is 14.0 Å². The predicted octanol–water partition coefficient (Wildman–Crippen LogP) is 3.74. The molecule has 29 heavy (non-hydrogen) atoms. The number of hydrogen-bond acceptors (Lipinski definition) is 4. The summed E-state index contributed by atoms with van der Waals surface area (Å²) in [5.41, 5.74) is 2.21. The Morgan fingerprint density at radius 1 is 0.828 bits per heavy atom. The molecule has 1 aliphatic rings. The summed E-state index contributed by atoms with van der Waals surface area (Å²) in [6, 6.07) is 17.4. The van der Waals surface area contributed by atoms with Crippen molar-refractivity contribution in [3.63, 3.8) is 0 Å². The Hall–Kier alpha value is -3.87. The maximum atomic E-state index is 12.9.